The number of aliphatic hydroxyl groups is 1. The fourth-order valence-electron chi connectivity index (χ4n) is 5.98. The average molecular weight is 776 g/mol. The van der Waals surface area contributed by atoms with Crippen molar-refractivity contribution in [3.8, 4) is 0 Å². The van der Waals surface area contributed by atoms with Crippen LogP contribution < -0.4 is 17.2 Å². The van der Waals surface area contributed by atoms with Crippen LogP contribution in [0.3, 0.4) is 0 Å². The molecule has 284 valence electrons. The Morgan fingerprint density at radius 2 is 1.79 bits per heavy atom. The van der Waals surface area contributed by atoms with E-state index in [0.717, 1.165) is 10.9 Å². The maximum atomic E-state index is 13.3. The number of anilines is 2. The maximum Gasteiger partial charge on any atom is 0.472 e. The number of rotatable bonds is 13. The predicted octanol–water partition coefficient (Wildman–Crippen LogP) is -1.67. The number of phosphoric ester groups is 2. The zero-order valence-corrected chi connectivity index (χ0v) is 28.8. The standard InChI is InChI=1S/C26H35N9O15P2/c27-16-4-6-34(26(39)32-16)18-7-13(14(47-18)9-45-51(40,41)42)50-52(43,44)46-10-15-22(49-19(37)8-33-5-2-1-3-17(33)36)21(38)25(48-15)35-12-31-20-23(28)29-11-30-24(20)35/h4,6,11-15,18,21-22,25,38H,1-3,5,7-10H2,(H,43,44)(H2,27,32,39)(H2,28,29,30)(H2,40,41,42)/t13-,14-,15-,18-,21+,22?,25-/m1/s1. The number of ether oxygens (including phenoxy) is 3. The quantitative estimate of drug-likeness (QED) is 0.0834. The summed E-state index contributed by atoms with van der Waals surface area (Å²) >= 11 is 0. The highest BCUT2D eigenvalue weighted by Crippen LogP contribution is 2.50. The summed E-state index contributed by atoms with van der Waals surface area (Å²) < 4.78 is 59.3. The highest BCUT2D eigenvalue weighted by Gasteiger charge is 2.50. The van der Waals surface area contributed by atoms with E-state index in [2.05, 4.69) is 24.5 Å². The fraction of sp³-hybridized carbons (Fsp3) is 0.577. The number of imidazole rings is 1. The van der Waals surface area contributed by atoms with Gasteiger partial charge in [-0.15, -0.1) is 0 Å². The molecule has 0 radical (unpaired) electrons. The molecule has 52 heavy (non-hydrogen) atoms. The first-order chi connectivity index (χ1) is 24.6. The first-order valence-electron chi connectivity index (χ1n) is 15.7. The lowest BCUT2D eigenvalue weighted by Gasteiger charge is -2.27. The summed E-state index contributed by atoms with van der Waals surface area (Å²) in [6, 6.07) is 1.28. The molecule has 1 amide bonds. The third-order valence-corrected chi connectivity index (χ3v) is 9.90. The van der Waals surface area contributed by atoms with Crippen molar-refractivity contribution in [2.75, 3.05) is 37.8 Å². The Kier molecular flexibility index (Phi) is 11.1. The number of hydrogen-bond donors (Lipinski definition) is 6. The first kappa shape index (κ1) is 37.8. The minimum Gasteiger partial charge on any atom is -0.455 e. The largest absolute Gasteiger partial charge is 0.472 e. The molecule has 3 aromatic heterocycles. The molecule has 0 saturated carbocycles. The van der Waals surface area contributed by atoms with E-state index in [9.17, 15) is 43.3 Å². The molecule has 0 bridgehead atoms. The van der Waals surface area contributed by atoms with Crippen LogP contribution in [-0.2, 0) is 46.5 Å². The van der Waals surface area contributed by atoms with Gasteiger partial charge in [-0.3, -0.25) is 32.3 Å². The van der Waals surface area contributed by atoms with Crippen LogP contribution in [0.2, 0.25) is 0 Å². The van der Waals surface area contributed by atoms with Crippen molar-refractivity contribution in [1.82, 2.24) is 34.0 Å². The number of nitrogens with zero attached hydrogens (tertiary/aromatic N) is 7. The van der Waals surface area contributed by atoms with Crippen molar-refractivity contribution in [3.05, 3.63) is 35.4 Å². The van der Waals surface area contributed by atoms with E-state index in [1.165, 1.54) is 28.1 Å². The minimum atomic E-state index is -5.14. The monoisotopic (exact) mass is 775 g/mol. The lowest BCUT2D eigenvalue weighted by Crippen LogP contribution is -2.43. The Hall–Kier alpha value is -3.93. The molecule has 3 aliphatic rings. The van der Waals surface area contributed by atoms with Crippen LogP contribution in [0.1, 0.15) is 38.1 Å². The second-order valence-corrected chi connectivity index (χ2v) is 14.6. The number of aliphatic hydroxyl groups excluding tert-OH is 1. The third-order valence-electron chi connectivity index (χ3n) is 8.40. The molecule has 24 nitrogen and oxygen atoms in total. The van der Waals surface area contributed by atoms with Crippen LogP contribution in [0.15, 0.2) is 29.7 Å². The van der Waals surface area contributed by atoms with Crippen LogP contribution in [0.5, 0.6) is 0 Å². The second-order valence-electron chi connectivity index (χ2n) is 12.0. The molecule has 0 aliphatic carbocycles. The molecule has 6 heterocycles. The molecule has 3 aliphatic heterocycles. The summed E-state index contributed by atoms with van der Waals surface area (Å²) in [5.74, 6) is -1.20. The van der Waals surface area contributed by atoms with E-state index in [-0.39, 0.29) is 41.5 Å². The number of piperidine rings is 1. The fourth-order valence-corrected chi connectivity index (χ4v) is 7.28. The second kappa shape index (κ2) is 15.2. The highest BCUT2D eigenvalue weighted by atomic mass is 31.2. The topological polar surface area (TPSA) is 338 Å². The number of fused-ring (bicyclic) bond motifs is 1. The molecule has 3 aromatic rings. The van der Waals surface area contributed by atoms with Crippen molar-refractivity contribution in [3.63, 3.8) is 0 Å². The summed E-state index contributed by atoms with van der Waals surface area (Å²) in [7, 11) is -10.2. The Balaban J connectivity index is 1.19. The zero-order chi connectivity index (χ0) is 37.4. The van der Waals surface area contributed by atoms with E-state index < -0.39 is 90.0 Å². The van der Waals surface area contributed by atoms with Crippen LogP contribution in [-0.4, -0.2) is 122 Å². The van der Waals surface area contributed by atoms with E-state index in [0.29, 0.717) is 19.4 Å². The number of carbonyl (C=O) groups excluding carboxylic acids is 2. The Bertz CT molecular complexity index is 1960. The van der Waals surface area contributed by atoms with Crippen LogP contribution >= 0.6 is 15.6 Å². The number of aromatic nitrogens is 6. The summed E-state index contributed by atoms with van der Waals surface area (Å²) in [5, 5.41) is 11.4. The van der Waals surface area contributed by atoms with Gasteiger partial charge in [-0.2, -0.15) is 4.98 Å². The molecule has 26 heteroatoms. The molecule has 0 aromatic carbocycles. The number of esters is 1. The van der Waals surface area contributed by atoms with E-state index in [4.69, 9.17) is 34.7 Å². The Labute approximate surface area is 292 Å². The van der Waals surface area contributed by atoms with Gasteiger partial charge in [0.25, 0.3) is 0 Å². The molecular weight excluding hydrogens is 740 g/mol. The number of nitrogens with two attached hydrogens (primary N) is 2. The van der Waals surface area contributed by atoms with Crippen molar-refractivity contribution >= 4 is 50.3 Å². The molecule has 2 unspecified atom stereocenters. The van der Waals surface area contributed by atoms with E-state index in [1.54, 1.807) is 0 Å². The maximum absolute atomic E-state index is 13.3. The first-order valence-corrected chi connectivity index (χ1v) is 18.7. The molecule has 8 N–H and O–H groups in total. The predicted molar refractivity (Wildman–Crippen MR) is 170 cm³/mol. The van der Waals surface area contributed by atoms with Gasteiger partial charge in [-0.1, -0.05) is 0 Å². The van der Waals surface area contributed by atoms with Gasteiger partial charge in [0.1, 0.15) is 54.9 Å². The van der Waals surface area contributed by atoms with Gasteiger partial charge >= 0.3 is 27.3 Å². The van der Waals surface area contributed by atoms with Gasteiger partial charge in [-0.05, 0) is 18.9 Å². The van der Waals surface area contributed by atoms with E-state index in [1.807, 2.05) is 0 Å². The molecule has 0 spiro atoms. The van der Waals surface area contributed by atoms with Gasteiger partial charge in [0.05, 0.1) is 19.5 Å². The minimum absolute atomic E-state index is 0.0313. The smallest absolute Gasteiger partial charge is 0.455 e. The number of carbonyl (C=O) groups is 2. The number of nitrogen functional groups attached to an aromatic ring is 2. The van der Waals surface area contributed by atoms with Gasteiger partial charge in [0.2, 0.25) is 5.91 Å². The average Bonchev–Trinajstić information content (AvgIpc) is 3.76. The summed E-state index contributed by atoms with van der Waals surface area (Å²) in [5.41, 5.74) is 10.9. The molecular formula is C26H35N9O15P2. The van der Waals surface area contributed by atoms with Gasteiger partial charge in [0, 0.05) is 25.6 Å². The summed E-state index contributed by atoms with van der Waals surface area (Å²) in [6.07, 6.45) is -5.03. The van der Waals surface area contributed by atoms with Gasteiger partial charge < -0.3 is 50.4 Å². The molecule has 3 saturated heterocycles. The Morgan fingerprint density at radius 1 is 1.02 bits per heavy atom. The SMILES string of the molecule is Nc1ccn([C@H]2C[C@@H](OP(=O)(O)OC[C@H]3O[C@@H](n4cnc5c(N)ncnc54)[C@@H](O)C3OC(=O)CN3CCCCC3=O)[C@@H](COP(=O)(O)O)O2)c(=O)n1. The summed E-state index contributed by atoms with van der Waals surface area (Å²) in [6.45, 7) is -1.75. The summed E-state index contributed by atoms with van der Waals surface area (Å²) in [4.78, 5) is 84.0. The lowest BCUT2D eigenvalue weighted by atomic mass is 10.1. The Morgan fingerprint density at radius 3 is 2.52 bits per heavy atom. The third kappa shape index (κ3) is 8.64. The molecule has 6 rings (SSSR count). The number of phosphoric acid groups is 2. The van der Waals surface area contributed by atoms with Crippen LogP contribution in [0, 0.1) is 0 Å². The zero-order valence-electron chi connectivity index (χ0n) is 27.0. The number of hydrogen-bond acceptors (Lipinski definition) is 18. The van der Waals surface area contributed by atoms with Crippen molar-refractivity contribution in [2.45, 2.75) is 68.7 Å². The number of amides is 1. The normalized spacial score (nSPS) is 28.0. The molecule has 8 atom stereocenters. The van der Waals surface area contributed by atoms with Crippen LogP contribution in [0.4, 0.5) is 11.6 Å². The van der Waals surface area contributed by atoms with E-state index >= 15 is 0 Å². The van der Waals surface area contributed by atoms with Crippen molar-refractivity contribution < 1.29 is 66.3 Å². The molecule has 3 fully saturated rings. The van der Waals surface area contributed by atoms with Crippen LogP contribution in [0.25, 0.3) is 11.2 Å². The highest BCUT2D eigenvalue weighted by molar-refractivity contribution is 7.47. The number of likely N-dealkylation sites (tertiary alicyclic amines) is 1. The van der Waals surface area contributed by atoms with Gasteiger partial charge in [-0.25, -0.2) is 28.9 Å². The van der Waals surface area contributed by atoms with Gasteiger partial charge in [0.15, 0.2) is 23.8 Å². The van der Waals surface area contributed by atoms with Crippen molar-refractivity contribution in [2.24, 2.45) is 0 Å². The van der Waals surface area contributed by atoms with Crippen molar-refractivity contribution in [1.29, 1.82) is 0 Å². The lowest BCUT2D eigenvalue weighted by molar-refractivity contribution is -0.160.